The van der Waals surface area contributed by atoms with Gasteiger partial charge in [0.2, 0.25) is 17.6 Å². The number of nitrogens with zero attached hydrogens (tertiary/aromatic N) is 2. The zero-order valence-corrected chi connectivity index (χ0v) is 15.7. The first-order chi connectivity index (χ1) is 12.1. The zero-order valence-electron chi connectivity index (χ0n) is 14.9. The van der Waals surface area contributed by atoms with Crippen LogP contribution in [0.15, 0.2) is 28.8 Å². The number of aryl methyl sites for hydroxylation is 1. The van der Waals surface area contributed by atoms with Gasteiger partial charge in [0.05, 0.1) is 12.6 Å². The van der Waals surface area contributed by atoms with E-state index in [0.29, 0.717) is 31.1 Å². The number of amides is 1. The number of halogens is 1. The molecule has 0 aliphatic heterocycles. The molecule has 8 heteroatoms. The molecule has 1 fully saturated rings. The Morgan fingerprint density at radius 1 is 1.31 bits per heavy atom. The van der Waals surface area contributed by atoms with Crippen LogP contribution in [0, 0.1) is 0 Å². The van der Waals surface area contributed by atoms with Crippen LogP contribution in [0.2, 0.25) is 0 Å². The van der Waals surface area contributed by atoms with E-state index in [4.69, 9.17) is 15.0 Å². The van der Waals surface area contributed by atoms with E-state index in [1.807, 2.05) is 24.3 Å². The first-order valence-corrected chi connectivity index (χ1v) is 8.62. The first kappa shape index (κ1) is 20.2. The fraction of sp³-hybridized carbons (Fsp3) is 0.500. The van der Waals surface area contributed by atoms with Gasteiger partial charge >= 0.3 is 0 Å². The quantitative estimate of drug-likeness (QED) is 0.764. The van der Waals surface area contributed by atoms with Gasteiger partial charge in [0.1, 0.15) is 5.75 Å². The molecule has 3 N–H and O–H groups in total. The number of rotatable bonds is 7. The average Bonchev–Trinajstić information content (AvgIpc) is 3.30. The van der Waals surface area contributed by atoms with E-state index in [0.717, 1.165) is 37.0 Å². The standard InChI is InChI=1S/C18H24N4O3.ClH/c1-24-14-6-4-13(5-7-14)17-20-16(25-22-17)9-8-15(23)21-18(12-19)10-2-3-11-18;/h4-7H,2-3,8-12,19H2,1H3,(H,21,23);1H. The molecule has 3 rings (SSSR count). The van der Waals surface area contributed by atoms with Gasteiger partial charge in [-0.2, -0.15) is 4.98 Å². The van der Waals surface area contributed by atoms with Gasteiger partial charge in [0, 0.05) is 24.9 Å². The number of benzene rings is 1. The van der Waals surface area contributed by atoms with Gasteiger partial charge in [-0.25, -0.2) is 0 Å². The number of hydrogen-bond acceptors (Lipinski definition) is 6. The molecule has 7 nitrogen and oxygen atoms in total. The monoisotopic (exact) mass is 380 g/mol. The predicted octanol–water partition coefficient (Wildman–Crippen LogP) is 2.49. The summed E-state index contributed by atoms with van der Waals surface area (Å²) in [6.07, 6.45) is 4.87. The third kappa shape index (κ3) is 4.74. The lowest BCUT2D eigenvalue weighted by atomic mass is 9.97. The Balaban J connectivity index is 0.00000243. The molecule has 0 unspecified atom stereocenters. The molecule has 2 aromatic rings. The summed E-state index contributed by atoms with van der Waals surface area (Å²) in [5.41, 5.74) is 6.47. The summed E-state index contributed by atoms with van der Waals surface area (Å²) in [7, 11) is 1.62. The van der Waals surface area contributed by atoms with Crippen LogP contribution >= 0.6 is 12.4 Å². The number of nitrogens with one attached hydrogen (secondary N) is 1. The summed E-state index contributed by atoms with van der Waals surface area (Å²) < 4.78 is 10.4. The minimum atomic E-state index is -0.222. The fourth-order valence-corrected chi connectivity index (χ4v) is 3.22. The van der Waals surface area contributed by atoms with Gasteiger partial charge in [-0.3, -0.25) is 4.79 Å². The van der Waals surface area contributed by atoms with Gasteiger partial charge < -0.3 is 20.3 Å². The largest absolute Gasteiger partial charge is 0.497 e. The third-order valence-corrected chi connectivity index (χ3v) is 4.74. The van der Waals surface area contributed by atoms with Gasteiger partial charge in [0.15, 0.2) is 0 Å². The Morgan fingerprint density at radius 2 is 2.00 bits per heavy atom. The second kappa shape index (κ2) is 9.00. The smallest absolute Gasteiger partial charge is 0.227 e. The van der Waals surface area contributed by atoms with Crippen molar-refractivity contribution in [2.75, 3.05) is 13.7 Å². The summed E-state index contributed by atoms with van der Waals surface area (Å²) in [4.78, 5) is 16.6. The Kier molecular flexibility index (Phi) is 6.99. The fourth-order valence-electron chi connectivity index (χ4n) is 3.22. The van der Waals surface area contributed by atoms with Crippen molar-refractivity contribution < 1.29 is 14.1 Å². The summed E-state index contributed by atoms with van der Waals surface area (Å²) in [6, 6.07) is 7.41. The second-order valence-corrected chi connectivity index (χ2v) is 6.48. The Bertz CT molecular complexity index is 711. The van der Waals surface area contributed by atoms with Gasteiger partial charge in [0.25, 0.3) is 0 Å². The number of methoxy groups -OCH3 is 1. The van der Waals surface area contributed by atoms with Crippen LogP contribution in [0.4, 0.5) is 0 Å². The van der Waals surface area contributed by atoms with Crippen LogP contribution in [-0.4, -0.2) is 35.2 Å². The molecule has 0 spiro atoms. The van der Waals surface area contributed by atoms with Crippen LogP contribution in [0.1, 0.15) is 38.0 Å². The third-order valence-electron chi connectivity index (χ3n) is 4.74. The highest BCUT2D eigenvalue weighted by molar-refractivity contribution is 5.85. The molecule has 1 heterocycles. The number of hydrogen-bond donors (Lipinski definition) is 2. The van der Waals surface area contributed by atoms with Crippen LogP contribution in [0.3, 0.4) is 0 Å². The lowest BCUT2D eigenvalue weighted by Gasteiger charge is -2.28. The highest BCUT2D eigenvalue weighted by atomic mass is 35.5. The van der Waals surface area contributed by atoms with E-state index in [2.05, 4.69) is 15.5 Å². The molecule has 0 radical (unpaired) electrons. The molecule has 1 aromatic heterocycles. The maximum atomic E-state index is 12.2. The zero-order chi connectivity index (χ0) is 17.7. The highest BCUT2D eigenvalue weighted by Gasteiger charge is 2.33. The molecular formula is C18H25ClN4O3. The van der Waals surface area contributed by atoms with Crippen molar-refractivity contribution in [2.45, 2.75) is 44.1 Å². The SMILES string of the molecule is COc1ccc(-c2noc(CCC(=O)NC3(CN)CCCC3)n2)cc1.Cl. The number of aromatic nitrogens is 2. The molecule has 1 aromatic carbocycles. The maximum absolute atomic E-state index is 12.2. The highest BCUT2D eigenvalue weighted by Crippen LogP contribution is 2.28. The molecule has 1 aliphatic rings. The van der Waals surface area contributed by atoms with Crippen molar-refractivity contribution in [3.05, 3.63) is 30.2 Å². The van der Waals surface area contributed by atoms with Crippen molar-refractivity contribution in [2.24, 2.45) is 5.73 Å². The van der Waals surface area contributed by atoms with Crippen molar-refractivity contribution in [3.63, 3.8) is 0 Å². The van der Waals surface area contributed by atoms with E-state index in [-0.39, 0.29) is 23.9 Å². The summed E-state index contributed by atoms with van der Waals surface area (Å²) in [5.74, 6) is 1.71. The van der Waals surface area contributed by atoms with Crippen molar-refractivity contribution in [1.29, 1.82) is 0 Å². The average molecular weight is 381 g/mol. The molecule has 1 saturated carbocycles. The van der Waals surface area contributed by atoms with Crippen LogP contribution in [0.25, 0.3) is 11.4 Å². The van der Waals surface area contributed by atoms with E-state index in [1.54, 1.807) is 7.11 Å². The van der Waals surface area contributed by atoms with Crippen LogP contribution in [0.5, 0.6) is 5.75 Å². The van der Waals surface area contributed by atoms with Crippen LogP contribution < -0.4 is 15.8 Å². The number of carbonyl (C=O) groups is 1. The summed E-state index contributed by atoms with van der Waals surface area (Å²) >= 11 is 0. The molecule has 1 amide bonds. The molecule has 142 valence electrons. The molecular weight excluding hydrogens is 356 g/mol. The maximum Gasteiger partial charge on any atom is 0.227 e. The molecule has 26 heavy (non-hydrogen) atoms. The topological polar surface area (TPSA) is 103 Å². The van der Waals surface area contributed by atoms with Gasteiger partial charge in [-0.15, -0.1) is 12.4 Å². The Hall–Kier alpha value is -2.12. The van der Waals surface area contributed by atoms with Gasteiger partial charge in [-0.1, -0.05) is 18.0 Å². The molecule has 0 saturated heterocycles. The summed E-state index contributed by atoms with van der Waals surface area (Å²) in [5, 5.41) is 7.07. The molecule has 0 bridgehead atoms. The van der Waals surface area contributed by atoms with E-state index >= 15 is 0 Å². The number of ether oxygens (including phenoxy) is 1. The van der Waals surface area contributed by atoms with Crippen LogP contribution in [-0.2, 0) is 11.2 Å². The minimum Gasteiger partial charge on any atom is -0.497 e. The Morgan fingerprint density at radius 3 is 2.62 bits per heavy atom. The van der Waals surface area contributed by atoms with Crippen molar-refractivity contribution in [1.82, 2.24) is 15.5 Å². The predicted molar refractivity (Wildman–Crippen MR) is 100 cm³/mol. The number of carbonyl (C=O) groups excluding carboxylic acids is 1. The van der Waals surface area contributed by atoms with Crippen molar-refractivity contribution in [3.8, 4) is 17.1 Å². The number of nitrogens with two attached hydrogens (primary N) is 1. The minimum absolute atomic E-state index is 0. The normalized spacial score (nSPS) is 15.3. The van der Waals surface area contributed by atoms with Crippen molar-refractivity contribution >= 4 is 18.3 Å². The summed E-state index contributed by atoms with van der Waals surface area (Å²) in [6.45, 7) is 0.487. The van der Waals surface area contributed by atoms with E-state index < -0.39 is 0 Å². The van der Waals surface area contributed by atoms with Gasteiger partial charge in [-0.05, 0) is 37.1 Å². The lowest BCUT2D eigenvalue weighted by Crippen LogP contribution is -2.51. The Labute approximate surface area is 159 Å². The lowest BCUT2D eigenvalue weighted by molar-refractivity contribution is -0.123. The first-order valence-electron chi connectivity index (χ1n) is 8.62. The molecule has 0 atom stereocenters. The van der Waals surface area contributed by atoms with E-state index in [9.17, 15) is 4.79 Å². The van der Waals surface area contributed by atoms with E-state index in [1.165, 1.54) is 0 Å². The second-order valence-electron chi connectivity index (χ2n) is 6.48. The molecule has 1 aliphatic carbocycles.